The number of hydrogen-bond donors (Lipinski definition) is 2. The molecule has 1 fully saturated rings. The number of carbonyl (C=O) groups is 1. The van der Waals surface area contributed by atoms with Crippen molar-refractivity contribution in [3.63, 3.8) is 0 Å². The molecule has 1 aliphatic rings. The Morgan fingerprint density at radius 1 is 1.50 bits per heavy atom. The average Bonchev–Trinajstić information content (AvgIpc) is 2.68. The fourth-order valence-corrected chi connectivity index (χ4v) is 2.64. The summed E-state index contributed by atoms with van der Waals surface area (Å²) in [6, 6.07) is 0.590. The molecule has 1 amide bonds. The second-order valence-corrected chi connectivity index (χ2v) is 5.60. The summed E-state index contributed by atoms with van der Waals surface area (Å²) in [6.07, 6.45) is 5.70. The van der Waals surface area contributed by atoms with Crippen molar-refractivity contribution in [1.29, 1.82) is 0 Å². The van der Waals surface area contributed by atoms with E-state index >= 15 is 0 Å². The molecule has 1 aliphatic carbocycles. The lowest BCUT2D eigenvalue weighted by atomic mass is 9.92. The summed E-state index contributed by atoms with van der Waals surface area (Å²) in [5, 5.41) is 3.58. The van der Waals surface area contributed by atoms with E-state index in [-0.39, 0.29) is 11.9 Å². The summed E-state index contributed by atoms with van der Waals surface area (Å²) in [5.41, 5.74) is 5.82. The Morgan fingerprint density at radius 3 is 2.75 bits per heavy atom. The molecule has 1 heterocycles. The third-order valence-electron chi connectivity index (χ3n) is 2.92. The zero-order valence-electron chi connectivity index (χ0n) is 9.40. The lowest BCUT2D eigenvalue weighted by Crippen LogP contribution is -2.40. The Labute approximate surface area is 99.3 Å². The van der Waals surface area contributed by atoms with Gasteiger partial charge in [-0.05, 0) is 32.6 Å². The van der Waals surface area contributed by atoms with Gasteiger partial charge in [0, 0.05) is 23.2 Å². The van der Waals surface area contributed by atoms with Crippen molar-refractivity contribution in [3.05, 3.63) is 16.1 Å². The summed E-state index contributed by atoms with van der Waals surface area (Å²) in [5.74, 6) is -0.0430. The van der Waals surface area contributed by atoms with Crippen LogP contribution in [0.25, 0.3) is 0 Å². The zero-order valence-corrected chi connectivity index (χ0v) is 10.2. The summed E-state index contributed by atoms with van der Waals surface area (Å²) in [6.45, 7) is 1.95. The van der Waals surface area contributed by atoms with E-state index in [2.05, 4.69) is 10.3 Å². The molecular formula is C11H17N3OS. The van der Waals surface area contributed by atoms with Crippen LogP contribution in [-0.2, 0) is 0 Å². The van der Waals surface area contributed by atoms with Crippen molar-refractivity contribution in [2.24, 2.45) is 5.73 Å². The molecular weight excluding hydrogens is 222 g/mol. The minimum absolute atomic E-state index is 0.0430. The molecule has 1 aromatic heterocycles. The number of nitrogens with one attached hydrogen (secondary N) is 1. The quantitative estimate of drug-likeness (QED) is 0.821. The predicted molar refractivity (Wildman–Crippen MR) is 64.5 cm³/mol. The van der Waals surface area contributed by atoms with Crippen LogP contribution in [0.1, 0.15) is 40.4 Å². The van der Waals surface area contributed by atoms with Crippen molar-refractivity contribution in [2.45, 2.75) is 44.7 Å². The minimum Gasteiger partial charge on any atom is -0.347 e. The van der Waals surface area contributed by atoms with Crippen molar-refractivity contribution >= 4 is 17.2 Å². The molecule has 16 heavy (non-hydrogen) atoms. The van der Waals surface area contributed by atoms with Gasteiger partial charge in [0.05, 0.1) is 0 Å². The second-order valence-electron chi connectivity index (χ2n) is 4.36. The maximum atomic E-state index is 11.8. The van der Waals surface area contributed by atoms with Crippen LogP contribution in [-0.4, -0.2) is 23.0 Å². The van der Waals surface area contributed by atoms with Crippen LogP contribution in [0.2, 0.25) is 0 Å². The van der Waals surface area contributed by atoms with Gasteiger partial charge >= 0.3 is 0 Å². The molecule has 1 saturated carbocycles. The van der Waals surface area contributed by atoms with Crippen LogP contribution >= 0.6 is 11.3 Å². The molecule has 0 atom stereocenters. The van der Waals surface area contributed by atoms with Gasteiger partial charge in [0.15, 0.2) is 5.01 Å². The van der Waals surface area contributed by atoms with Crippen LogP contribution < -0.4 is 11.1 Å². The van der Waals surface area contributed by atoms with Crippen molar-refractivity contribution in [3.8, 4) is 0 Å². The van der Waals surface area contributed by atoms with E-state index in [9.17, 15) is 4.79 Å². The first-order valence-corrected chi connectivity index (χ1v) is 6.45. The van der Waals surface area contributed by atoms with Crippen LogP contribution in [0.4, 0.5) is 0 Å². The molecule has 1 aromatic rings. The number of aryl methyl sites for hydroxylation is 1. The first kappa shape index (κ1) is 11.5. The Hall–Kier alpha value is -0.940. The van der Waals surface area contributed by atoms with E-state index < -0.39 is 0 Å². The largest absolute Gasteiger partial charge is 0.347 e. The Bertz CT molecular complexity index is 369. The van der Waals surface area contributed by atoms with Crippen molar-refractivity contribution in [1.82, 2.24) is 10.3 Å². The number of aromatic nitrogens is 1. The summed E-state index contributed by atoms with van der Waals surface area (Å²) < 4.78 is 0. The van der Waals surface area contributed by atoms with Gasteiger partial charge in [-0.15, -0.1) is 11.3 Å². The molecule has 0 radical (unpaired) electrons. The van der Waals surface area contributed by atoms with Gasteiger partial charge in [0.2, 0.25) is 0 Å². The molecule has 0 saturated heterocycles. The highest BCUT2D eigenvalue weighted by molar-refractivity contribution is 7.13. The normalized spacial score (nSPS) is 25.4. The smallest absolute Gasteiger partial charge is 0.280 e. The van der Waals surface area contributed by atoms with E-state index in [0.717, 1.165) is 30.6 Å². The lowest BCUT2D eigenvalue weighted by molar-refractivity contribution is 0.0925. The standard InChI is InChI=1S/C11H17N3OS/c1-7-6-13-11(16-7)10(15)14-9-4-2-8(12)3-5-9/h6,8-9H,2-5,12H2,1H3,(H,14,15)/t8-,9-. The molecule has 0 unspecified atom stereocenters. The number of nitrogens with zero attached hydrogens (tertiary/aromatic N) is 1. The highest BCUT2D eigenvalue weighted by Crippen LogP contribution is 2.18. The highest BCUT2D eigenvalue weighted by Gasteiger charge is 2.21. The highest BCUT2D eigenvalue weighted by atomic mass is 32.1. The summed E-state index contributed by atoms with van der Waals surface area (Å²) >= 11 is 1.44. The Morgan fingerprint density at radius 2 is 2.19 bits per heavy atom. The van der Waals surface area contributed by atoms with E-state index in [0.29, 0.717) is 11.0 Å². The third kappa shape index (κ3) is 2.80. The first-order valence-electron chi connectivity index (χ1n) is 5.64. The lowest BCUT2D eigenvalue weighted by Gasteiger charge is -2.26. The fraction of sp³-hybridized carbons (Fsp3) is 0.636. The average molecular weight is 239 g/mol. The van der Waals surface area contributed by atoms with E-state index in [4.69, 9.17) is 5.73 Å². The molecule has 5 heteroatoms. The van der Waals surface area contributed by atoms with Gasteiger partial charge in [-0.25, -0.2) is 4.98 Å². The monoisotopic (exact) mass is 239 g/mol. The van der Waals surface area contributed by atoms with E-state index in [1.165, 1.54) is 11.3 Å². The second kappa shape index (κ2) is 4.93. The van der Waals surface area contributed by atoms with Gasteiger partial charge in [-0.2, -0.15) is 0 Å². The molecule has 88 valence electrons. The van der Waals surface area contributed by atoms with Crippen LogP contribution in [0.5, 0.6) is 0 Å². The molecule has 2 rings (SSSR count). The van der Waals surface area contributed by atoms with Gasteiger partial charge < -0.3 is 11.1 Å². The van der Waals surface area contributed by atoms with Gasteiger partial charge in [0.25, 0.3) is 5.91 Å². The van der Waals surface area contributed by atoms with Gasteiger partial charge in [0.1, 0.15) is 0 Å². The number of rotatable bonds is 2. The molecule has 0 spiro atoms. The van der Waals surface area contributed by atoms with Crippen molar-refractivity contribution < 1.29 is 4.79 Å². The Kier molecular flexibility index (Phi) is 3.56. The van der Waals surface area contributed by atoms with E-state index in [1.54, 1.807) is 6.20 Å². The maximum absolute atomic E-state index is 11.8. The number of amides is 1. The summed E-state index contributed by atoms with van der Waals surface area (Å²) in [4.78, 5) is 17.0. The predicted octanol–water partition coefficient (Wildman–Crippen LogP) is 1.45. The van der Waals surface area contributed by atoms with Gasteiger partial charge in [-0.3, -0.25) is 4.79 Å². The molecule has 0 bridgehead atoms. The zero-order chi connectivity index (χ0) is 11.5. The SMILES string of the molecule is Cc1cnc(C(=O)N[C@H]2CC[C@H](N)CC2)s1. The van der Waals surface area contributed by atoms with E-state index in [1.807, 2.05) is 6.92 Å². The third-order valence-corrected chi connectivity index (χ3v) is 3.83. The molecule has 0 aromatic carbocycles. The maximum Gasteiger partial charge on any atom is 0.280 e. The number of hydrogen-bond acceptors (Lipinski definition) is 4. The van der Waals surface area contributed by atoms with Crippen LogP contribution in [0.3, 0.4) is 0 Å². The Balaban J connectivity index is 1.88. The number of thiazole rings is 1. The van der Waals surface area contributed by atoms with Gasteiger partial charge in [-0.1, -0.05) is 0 Å². The number of carbonyl (C=O) groups excluding carboxylic acids is 1. The topological polar surface area (TPSA) is 68.0 Å². The minimum atomic E-state index is -0.0430. The van der Waals surface area contributed by atoms with Crippen LogP contribution in [0, 0.1) is 6.92 Å². The van der Waals surface area contributed by atoms with Crippen molar-refractivity contribution in [2.75, 3.05) is 0 Å². The molecule has 0 aliphatic heterocycles. The first-order chi connectivity index (χ1) is 7.65. The molecule has 4 nitrogen and oxygen atoms in total. The molecule has 3 N–H and O–H groups in total. The van der Waals surface area contributed by atoms with Crippen LogP contribution in [0.15, 0.2) is 6.20 Å². The fourth-order valence-electron chi connectivity index (χ4n) is 1.97. The number of nitrogens with two attached hydrogens (primary N) is 1. The summed E-state index contributed by atoms with van der Waals surface area (Å²) in [7, 11) is 0.